The molecule has 3 amide bonds. The molecule has 1 spiro atoms. The fourth-order valence-electron chi connectivity index (χ4n) is 4.94. The Hall–Kier alpha value is -2.28. The maximum atomic E-state index is 14.0. The normalized spacial score (nSPS) is 32.5. The summed E-state index contributed by atoms with van der Waals surface area (Å²) in [7, 11) is 0. The average molecular weight is 373 g/mol. The molecule has 27 heavy (non-hydrogen) atoms. The summed E-state index contributed by atoms with van der Waals surface area (Å²) in [5, 5.41) is 6.06. The summed E-state index contributed by atoms with van der Waals surface area (Å²) < 4.78 is 14.0. The van der Waals surface area contributed by atoms with Gasteiger partial charge in [-0.05, 0) is 44.9 Å². The van der Waals surface area contributed by atoms with E-state index in [2.05, 4.69) is 10.6 Å². The van der Waals surface area contributed by atoms with Crippen LogP contribution in [0.25, 0.3) is 0 Å². The highest BCUT2D eigenvalue weighted by Gasteiger charge is 2.71. The largest absolute Gasteiger partial charge is 0.324 e. The molecule has 4 atom stereocenters. The van der Waals surface area contributed by atoms with Crippen LogP contribution in [0.4, 0.5) is 10.1 Å². The van der Waals surface area contributed by atoms with Crippen LogP contribution in [0.5, 0.6) is 0 Å². The van der Waals surface area contributed by atoms with Crippen LogP contribution in [0.1, 0.15) is 40.2 Å². The maximum absolute atomic E-state index is 14.0. The van der Waals surface area contributed by atoms with E-state index in [4.69, 9.17) is 0 Å². The molecule has 3 aliphatic heterocycles. The minimum Gasteiger partial charge on any atom is -0.324 e. The molecule has 0 unspecified atom stereocenters. The number of nitrogens with zero attached hydrogens (tertiary/aromatic N) is 1. The molecule has 4 rings (SSSR count). The second kappa shape index (κ2) is 5.38. The SMILES string of the molecule is CC(C)[C@H]1N[C@@]2(C(=O)Nc3ccc(F)cc32)[C@@H]2C(=O)N(C(C)(C)C)C(=O)[C@H]12. The first-order valence-electron chi connectivity index (χ1n) is 9.27. The lowest BCUT2D eigenvalue weighted by molar-refractivity contribution is -0.148. The van der Waals surface area contributed by atoms with Crippen LogP contribution in [0, 0.1) is 23.6 Å². The van der Waals surface area contributed by atoms with Gasteiger partial charge in [-0.25, -0.2) is 4.39 Å². The zero-order valence-corrected chi connectivity index (χ0v) is 16.1. The Kier molecular flexibility index (Phi) is 3.60. The van der Waals surface area contributed by atoms with Crippen molar-refractivity contribution in [2.75, 3.05) is 5.32 Å². The molecular formula is C20H24FN3O3. The highest BCUT2D eigenvalue weighted by Crippen LogP contribution is 2.54. The molecule has 0 saturated carbocycles. The lowest BCUT2D eigenvalue weighted by Crippen LogP contribution is -2.56. The molecule has 2 fully saturated rings. The second-order valence-electron chi connectivity index (χ2n) is 9.05. The van der Waals surface area contributed by atoms with Crippen molar-refractivity contribution in [3.05, 3.63) is 29.6 Å². The summed E-state index contributed by atoms with van der Waals surface area (Å²) in [5.74, 6) is -3.06. The van der Waals surface area contributed by atoms with E-state index in [0.717, 1.165) is 0 Å². The number of hydrogen-bond acceptors (Lipinski definition) is 4. The highest BCUT2D eigenvalue weighted by atomic mass is 19.1. The molecule has 0 aliphatic carbocycles. The van der Waals surface area contributed by atoms with Gasteiger partial charge in [-0.1, -0.05) is 13.8 Å². The summed E-state index contributed by atoms with van der Waals surface area (Å²) in [6.45, 7) is 9.30. The second-order valence-corrected chi connectivity index (χ2v) is 9.05. The van der Waals surface area contributed by atoms with Crippen LogP contribution in [0.3, 0.4) is 0 Å². The van der Waals surface area contributed by atoms with E-state index in [9.17, 15) is 18.8 Å². The quantitative estimate of drug-likeness (QED) is 0.738. The van der Waals surface area contributed by atoms with Gasteiger partial charge >= 0.3 is 0 Å². The average Bonchev–Trinajstić information content (AvgIpc) is 3.13. The molecule has 1 aromatic carbocycles. The van der Waals surface area contributed by atoms with Gasteiger partial charge in [0.15, 0.2) is 0 Å². The zero-order chi connectivity index (χ0) is 19.9. The molecule has 2 N–H and O–H groups in total. The van der Waals surface area contributed by atoms with Crippen LogP contribution in [0.15, 0.2) is 18.2 Å². The smallest absolute Gasteiger partial charge is 0.250 e. The van der Waals surface area contributed by atoms with Gasteiger partial charge in [0, 0.05) is 22.8 Å². The molecule has 3 heterocycles. The Balaban J connectivity index is 1.95. The standard InChI is InChI=1S/C20H24FN3O3/c1-9(2)15-13-14(17(26)24(16(13)25)19(3,4)5)20(23-15)11-8-10(21)6-7-12(11)22-18(20)27/h6-9,13-15,23H,1-5H3,(H,22,27)/t13-,14-,15+,20+/m0/s1. The lowest BCUT2D eigenvalue weighted by Gasteiger charge is -2.35. The number of imide groups is 1. The molecule has 3 aliphatic rings. The van der Waals surface area contributed by atoms with Gasteiger partial charge < -0.3 is 5.32 Å². The molecule has 2 saturated heterocycles. The van der Waals surface area contributed by atoms with Crippen molar-refractivity contribution in [2.24, 2.45) is 17.8 Å². The van der Waals surface area contributed by atoms with Crippen molar-refractivity contribution in [3.63, 3.8) is 0 Å². The summed E-state index contributed by atoms with van der Waals surface area (Å²) in [6.07, 6.45) is 0. The topological polar surface area (TPSA) is 78.5 Å². The van der Waals surface area contributed by atoms with Crippen molar-refractivity contribution in [3.8, 4) is 0 Å². The van der Waals surface area contributed by atoms with Gasteiger partial charge in [0.25, 0.3) is 0 Å². The Labute approximate surface area is 157 Å². The number of halogens is 1. The minimum atomic E-state index is -1.43. The number of nitrogens with one attached hydrogen (secondary N) is 2. The summed E-state index contributed by atoms with van der Waals surface area (Å²) >= 11 is 0. The van der Waals surface area contributed by atoms with Crippen LogP contribution < -0.4 is 10.6 Å². The third-order valence-corrected chi connectivity index (χ3v) is 6.00. The van der Waals surface area contributed by atoms with E-state index in [0.29, 0.717) is 11.3 Å². The van der Waals surface area contributed by atoms with E-state index in [1.807, 2.05) is 13.8 Å². The number of anilines is 1. The van der Waals surface area contributed by atoms with Gasteiger partial charge in [0.05, 0.1) is 11.8 Å². The molecule has 0 aromatic heterocycles. The molecule has 144 valence electrons. The summed E-state index contributed by atoms with van der Waals surface area (Å²) in [6, 6.07) is 3.70. The van der Waals surface area contributed by atoms with Crippen LogP contribution >= 0.6 is 0 Å². The number of amides is 3. The summed E-state index contributed by atoms with van der Waals surface area (Å²) in [4.78, 5) is 41.0. The van der Waals surface area contributed by atoms with Gasteiger partial charge in [-0.2, -0.15) is 0 Å². The number of likely N-dealkylation sites (tertiary alicyclic amines) is 1. The predicted molar refractivity (Wildman–Crippen MR) is 97.1 cm³/mol. The monoisotopic (exact) mass is 373 g/mol. The first-order valence-corrected chi connectivity index (χ1v) is 9.27. The highest BCUT2D eigenvalue weighted by molar-refractivity contribution is 6.15. The Bertz CT molecular complexity index is 876. The minimum absolute atomic E-state index is 0.0129. The molecule has 7 heteroatoms. The number of carbonyl (C=O) groups excluding carboxylic acids is 3. The van der Waals surface area contributed by atoms with E-state index < -0.39 is 34.6 Å². The van der Waals surface area contributed by atoms with E-state index in [1.54, 1.807) is 20.8 Å². The first kappa shape index (κ1) is 18.1. The summed E-state index contributed by atoms with van der Waals surface area (Å²) in [5.41, 5.74) is -1.24. The lowest BCUT2D eigenvalue weighted by atomic mass is 9.75. The predicted octanol–water partition coefficient (Wildman–Crippen LogP) is 2.00. The number of hydrogen-bond donors (Lipinski definition) is 2. The first-order chi connectivity index (χ1) is 12.5. The molecule has 0 bridgehead atoms. The fraction of sp³-hybridized carbons (Fsp3) is 0.550. The van der Waals surface area contributed by atoms with Crippen LogP contribution in [0.2, 0.25) is 0 Å². The Morgan fingerprint density at radius 1 is 1.15 bits per heavy atom. The van der Waals surface area contributed by atoms with Crippen LogP contribution in [-0.4, -0.2) is 34.2 Å². The van der Waals surface area contributed by atoms with E-state index in [-0.39, 0.29) is 23.8 Å². The van der Waals surface area contributed by atoms with E-state index >= 15 is 0 Å². The number of rotatable bonds is 1. The van der Waals surface area contributed by atoms with Gasteiger partial charge in [-0.15, -0.1) is 0 Å². The molecule has 1 aromatic rings. The van der Waals surface area contributed by atoms with Crippen molar-refractivity contribution >= 4 is 23.4 Å². The number of carbonyl (C=O) groups is 3. The van der Waals surface area contributed by atoms with Gasteiger partial charge in [-0.3, -0.25) is 24.6 Å². The third kappa shape index (κ3) is 2.18. The van der Waals surface area contributed by atoms with Gasteiger partial charge in [0.1, 0.15) is 11.4 Å². The molecule has 0 radical (unpaired) electrons. The van der Waals surface area contributed by atoms with Crippen molar-refractivity contribution in [1.82, 2.24) is 10.2 Å². The van der Waals surface area contributed by atoms with Crippen molar-refractivity contribution in [1.29, 1.82) is 0 Å². The molecular weight excluding hydrogens is 349 g/mol. The Morgan fingerprint density at radius 3 is 2.41 bits per heavy atom. The third-order valence-electron chi connectivity index (χ3n) is 6.00. The van der Waals surface area contributed by atoms with Crippen molar-refractivity contribution < 1.29 is 18.8 Å². The van der Waals surface area contributed by atoms with Gasteiger partial charge in [0.2, 0.25) is 17.7 Å². The Morgan fingerprint density at radius 2 is 1.81 bits per heavy atom. The number of fused-ring (bicyclic) bond motifs is 4. The molecule has 6 nitrogen and oxygen atoms in total. The zero-order valence-electron chi connectivity index (χ0n) is 16.1. The van der Waals surface area contributed by atoms with Crippen molar-refractivity contribution in [2.45, 2.75) is 51.7 Å². The van der Waals surface area contributed by atoms with E-state index in [1.165, 1.54) is 23.1 Å². The number of benzene rings is 1. The fourth-order valence-corrected chi connectivity index (χ4v) is 4.94. The maximum Gasteiger partial charge on any atom is 0.250 e. The van der Waals surface area contributed by atoms with Crippen LogP contribution in [-0.2, 0) is 19.9 Å².